The van der Waals surface area contributed by atoms with Crippen molar-refractivity contribution < 1.29 is 9.16 Å². The van der Waals surface area contributed by atoms with Gasteiger partial charge in [0.2, 0.25) is 0 Å². The molecular formula is C13H28O2Si. The summed E-state index contributed by atoms with van der Waals surface area (Å²) < 4.78 is 11.1. The van der Waals surface area contributed by atoms with E-state index in [1.807, 2.05) is 0 Å². The molecule has 0 atom stereocenters. The van der Waals surface area contributed by atoms with E-state index in [0.717, 1.165) is 31.6 Å². The molecule has 0 heterocycles. The number of methoxy groups -OCH3 is 1. The second-order valence-corrected chi connectivity index (χ2v) is 10.6. The molecule has 0 saturated heterocycles. The third-order valence-electron chi connectivity index (χ3n) is 3.41. The molecule has 0 aromatic carbocycles. The summed E-state index contributed by atoms with van der Waals surface area (Å²) in [5.74, 6) is 0.868. The molecule has 0 amide bonds. The Morgan fingerprint density at radius 3 is 2.19 bits per heavy atom. The van der Waals surface area contributed by atoms with Crippen LogP contribution in [-0.2, 0) is 9.16 Å². The number of rotatable bonds is 7. The highest BCUT2D eigenvalue weighted by Crippen LogP contribution is 2.36. The SMILES string of the molecule is C=C(CCCCO[Si](C)(C)C(C)(C)C)OC. The fourth-order valence-corrected chi connectivity index (χ4v) is 2.16. The quantitative estimate of drug-likeness (QED) is 0.377. The van der Waals surface area contributed by atoms with Gasteiger partial charge in [-0.3, -0.25) is 0 Å². The monoisotopic (exact) mass is 244 g/mol. The third-order valence-corrected chi connectivity index (χ3v) is 7.95. The fraction of sp³-hybridized carbons (Fsp3) is 0.846. The van der Waals surface area contributed by atoms with E-state index in [4.69, 9.17) is 9.16 Å². The maximum atomic E-state index is 6.08. The third kappa shape index (κ3) is 5.71. The minimum atomic E-state index is -1.54. The van der Waals surface area contributed by atoms with Gasteiger partial charge in [0.1, 0.15) is 0 Å². The van der Waals surface area contributed by atoms with Gasteiger partial charge in [0, 0.05) is 13.0 Å². The van der Waals surface area contributed by atoms with Crippen molar-refractivity contribution in [1.82, 2.24) is 0 Å². The van der Waals surface area contributed by atoms with E-state index in [0.29, 0.717) is 5.04 Å². The van der Waals surface area contributed by atoms with Gasteiger partial charge >= 0.3 is 0 Å². The molecule has 0 aliphatic carbocycles. The zero-order valence-corrected chi connectivity index (χ0v) is 12.9. The number of allylic oxidation sites excluding steroid dienone is 1. The van der Waals surface area contributed by atoms with Crippen LogP contribution in [0.3, 0.4) is 0 Å². The number of ether oxygens (including phenoxy) is 1. The topological polar surface area (TPSA) is 18.5 Å². The van der Waals surface area contributed by atoms with E-state index in [9.17, 15) is 0 Å². The zero-order valence-electron chi connectivity index (χ0n) is 11.9. The van der Waals surface area contributed by atoms with Gasteiger partial charge in [-0.25, -0.2) is 0 Å². The van der Waals surface area contributed by atoms with Gasteiger partial charge in [0.05, 0.1) is 12.9 Å². The van der Waals surface area contributed by atoms with Crippen LogP contribution < -0.4 is 0 Å². The summed E-state index contributed by atoms with van der Waals surface area (Å²) >= 11 is 0. The van der Waals surface area contributed by atoms with E-state index < -0.39 is 8.32 Å². The van der Waals surface area contributed by atoms with Crippen LogP contribution in [0.4, 0.5) is 0 Å². The van der Waals surface area contributed by atoms with Crippen molar-refractivity contribution in [1.29, 1.82) is 0 Å². The van der Waals surface area contributed by atoms with Gasteiger partial charge in [-0.2, -0.15) is 0 Å². The van der Waals surface area contributed by atoms with Crippen molar-refractivity contribution >= 4 is 8.32 Å². The summed E-state index contributed by atoms with van der Waals surface area (Å²) in [5, 5.41) is 0.309. The summed E-state index contributed by atoms with van der Waals surface area (Å²) in [7, 11) is 0.131. The molecule has 96 valence electrons. The molecule has 0 unspecified atom stereocenters. The minimum Gasteiger partial charge on any atom is -0.502 e. The van der Waals surface area contributed by atoms with E-state index >= 15 is 0 Å². The number of hydrogen-bond donors (Lipinski definition) is 0. The van der Waals surface area contributed by atoms with Crippen molar-refractivity contribution in [2.24, 2.45) is 0 Å². The molecule has 0 aliphatic rings. The predicted octanol–water partition coefficient (Wildman–Crippen LogP) is 4.34. The first-order valence-corrected chi connectivity index (χ1v) is 8.97. The molecule has 2 nitrogen and oxygen atoms in total. The molecule has 3 heteroatoms. The van der Waals surface area contributed by atoms with Crippen molar-refractivity contribution in [2.75, 3.05) is 13.7 Å². The molecule has 0 fully saturated rings. The molecule has 0 spiro atoms. The van der Waals surface area contributed by atoms with Crippen LogP contribution in [0.2, 0.25) is 18.1 Å². The largest absolute Gasteiger partial charge is 0.502 e. The summed E-state index contributed by atoms with van der Waals surface area (Å²) in [5.41, 5.74) is 0. The lowest BCUT2D eigenvalue weighted by molar-refractivity contribution is 0.258. The Kier molecular flexibility index (Phi) is 6.34. The maximum Gasteiger partial charge on any atom is 0.191 e. The van der Waals surface area contributed by atoms with Crippen LogP contribution >= 0.6 is 0 Å². The van der Waals surface area contributed by atoms with Gasteiger partial charge in [0.25, 0.3) is 0 Å². The van der Waals surface area contributed by atoms with Crippen molar-refractivity contribution in [3.63, 3.8) is 0 Å². The molecule has 0 aromatic rings. The van der Waals surface area contributed by atoms with Gasteiger partial charge in [0.15, 0.2) is 8.32 Å². The molecule has 16 heavy (non-hydrogen) atoms. The van der Waals surface area contributed by atoms with E-state index in [-0.39, 0.29) is 0 Å². The molecule has 0 aliphatic heterocycles. The van der Waals surface area contributed by atoms with Gasteiger partial charge in [-0.1, -0.05) is 27.4 Å². The average Bonchev–Trinajstić information content (AvgIpc) is 2.15. The molecular weight excluding hydrogens is 216 g/mol. The summed E-state index contributed by atoms with van der Waals surface area (Å²) in [6.07, 6.45) is 3.13. The fourth-order valence-electron chi connectivity index (χ4n) is 1.07. The van der Waals surface area contributed by atoms with Crippen molar-refractivity contribution in [3.05, 3.63) is 12.3 Å². The highest BCUT2D eigenvalue weighted by molar-refractivity contribution is 6.74. The molecule has 0 aromatic heterocycles. The molecule has 0 saturated carbocycles. The summed E-state index contributed by atoms with van der Waals surface area (Å²) in [6.45, 7) is 16.1. The number of hydrogen-bond acceptors (Lipinski definition) is 2. The summed E-state index contributed by atoms with van der Waals surface area (Å²) in [6, 6.07) is 0. The Bertz CT molecular complexity index is 216. The van der Waals surface area contributed by atoms with Crippen LogP contribution in [0.15, 0.2) is 12.3 Å². The second kappa shape index (κ2) is 6.45. The molecule has 0 radical (unpaired) electrons. The van der Waals surface area contributed by atoms with Crippen molar-refractivity contribution in [3.8, 4) is 0 Å². The average molecular weight is 244 g/mol. The molecule has 0 bridgehead atoms. The van der Waals surface area contributed by atoms with E-state index in [2.05, 4.69) is 40.4 Å². The first-order valence-electron chi connectivity index (χ1n) is 6.06. The van der Waals surface area contributed by atoms with Crippen LogP contribution in [0.5, 0.6) is 0 Å². The Labute approximate surface area is 102 Å². The standard InChI is InChI=1S/C13H28O2Si/c1-12(14-5)10-8-9-11-15-16(6,7)13(2,3)4/h1,8-11H2,2-7H3. The lowest BCUT2D eigenvalue weighted by atomic mass is 10.2. The summed E-state index contributed by atoms with van der Waals surface area (Å²) in [4.78, 5) is 0. The Balaban J connectivity index is 3.71. The van der Waals surface area contributed by atoms with Crippen LogP contribution in [-0.4, -0.2) is 22.0 Å². The Morgan fingerprint density at radius 2 is 1.75 bits per heavy atom. The maximum absolute atomic E-state index is 6.08. The van der Waals surface area contributed by atoms with Crippen LogP contribution in [0, 0.1) is 0 Å². The minimum absolute atomic E-state index is 0.309. The van der Waals surface area contributed by atoms with E-state index in [1.54, 1.807) is 7.11 Å². The van der Waals surface area contributed by atoms with Gasteiger partial charge in [-0.15, -0.1) is 0 Å². The molecule has 0 N–H and O–H groups in total. The lowest BCUT2D eigenvalue weighted by Crippen LogP contribution is -2.40. The lowest BCUT2D eigenvalue weighted by Gasteiger charge is -2.36. The highest BCUT2D eigenvalue weighted by atomic mass is 28.4. The zero-order chi connectivity index (χ0) is 12.8. The van der Waals surface area contributed by atoms with Crippen LogP contribution in [0.1, 0.15) is 40.0 Å². The normalized spacial score (nSPS) is 12.6. The predicted molar refractivity (Wildman–Crippen MR) is 73.1 cm³/mol. The highest BCUT2D eigenvalue weighted by Gasteiger charge is 2.36. The first-order chi connectivity index (χ1) is 7.20. The first kappa shape index (κ1) is 15.7. The smallest absolute Gasteiger partial charge is 0.191 e. The second-order valence-electron chi connectivity index (χ2n) is 5.81. The number of unbranched alkanes of at least 4 members (excludes halogenated alkanes) is 1. The van der Waals surface area contributed by atoms with Crippen LogP contribution in [0.25, 0.3) is 0 Å². The van der Waals surface area contributed by atoms with Gasteiger partial charge in [-0.05, 0) is 31.0 Å². The Hall–Kier alpha value is -0.283. The van der Waals surface area contributed by atoms with Gasteiger partial charge < -0.3 is 9.16 Å². The molecule has 0 rings (SSSR count). The Morgan fingerprint density at radius 1 is 1.19 bits per heavy atom. The van der Waals surface area contributed by atoms with Crippen molar-refractivity contribution in [2.45, 2.75) is 58.2 Å². The van der Waals surface area contributed by atoms with E-state index in [1.165, 1.54) is 0 Å².